The highest BCUT2D eigenvalue weighted by molar-refractivity contribution is 6.00. The normalized spacial score (nSPS) is 15.6. The largest absolute Gasteiger partial charge is 0.272 e. The van der Waals surface area contributed by atoms with E-state index in [1.54, 1.807) is 0 Å². The Morgan fingerprint density at radius 3 is 2.60 bits per heavy atom. The highest BCUT2D eigenvalue weighted by atomic mass is 16.7. The summed E-state index contributed by atoms with van der Waals surface area (Å²) in [6.07, 6.45) is 1.80. The Bertz CT molecular complexity index is 282. The number of nitrogens with zero attached hydrogens (tertiary/aromatic N) is 4. The van der Waals surface area contributed by atoms with E-state index in [0.717, 1.165) is 5.06 Å². The number of hydrogen-bond donors (Lipinski definition) is 0. The minimum absolute atomic E-state index is 0.234. The van der Waals surface area contributed by atoms with Gasteiger partial charge in [0.25, 0.3) is 11.8 Å². The molecule has 0 atom stereocenters. The van der Waals surface area contributed by atoms with Crippen LogP contribution in [0, 0.1) is 0 Å². The van der Waals surface area contributed by atoms with E-state index in [0.29, 0.717) is 26.0 Å². The quantitative estimate of drug-likeness (QED) is 0.217. The zero-order valence-electron chi connectivity index (χ0n) is 8.26. The average molecular weight is 212 g/mol. The Labute approximate surface area is 86.6 Å². The second kappa shape index (κ2) is 6.00. The van der Waals surface area contributed by atoms with Crippen LogP contribution in [0.25, 0.3) is 10.4 Å². The number of unbranched alkanes of at least 4 members (excludes halogenated alkanes) is 1. The topological polar surface area (TPSA) is 95.4 Å². The van der Waals surface area contributed by atoms with Gasteiger partial charge in [-0.3, -0.25) is 14.4 Å². The summed E-state index contributed by atoms with van der Waals surface area (Å²) in [6.45, 7) is 0.695. The predicted molar refractivity (Wildman–Crippen MR) is 50.3 cm³/mol. The first kappa shape index (κ1) is 11.5. The number of imide groups is 1. The fourth-order valence-electron chi connectivity index (χ4n) is 1.19. The van der Waals surface area contributed by atoms with Gasteiger partial charge in [-0.15, -0.1) is 0 Å². The predicted octanol–water partition coefficient (Wildman–Crippen LogP) is 1.16. The van der Waals surface area contributed by atoms with Crippen LogP contribution in [0.15, 0.2) is 5.11 Å². The Morgan fingerprint density at radius 1 is 1.33 bits per heavy atom. The summed E-state index contributed by atoms with van der Waals surface area (Å²) in [5, 5.41) is 4.18. The van der Waals surface area contributed by atoms with Gasteiger partial charge < -0.3 is 0 Å². The van der Waals surface area contributed by atoms with E-state index in [4.69, 9.17) is 10.4 Å². The van der Waals surface area contributed by atoms with Gasteiger partial charge >= 0.3 is 0 Å². The van der Waals surface area contributed by atoms with E-state index in [1.807, 2.05) is 0 Å². The minimum atomic E-state index is -0.282. The van der Waals surface area contributed by atoms with Crippen molar-refractivity contribution in [1.82, 2.24) is 5.06 Å². The van der Waals surface area contributed by atoms with Gasteiger partial charge in [-0.05, 0) is 18.4 Å². The standard InChI is InChI=1S/C8H12N4O3/c9-11-10-5-1-2-6-15-12-7(13)3-4-8(12)14/h1-6H2. The first-order valence-electron chi connectivity index (χ1n) is 4.75. The molecule has 2 amide bonds. The van der Waals surface area contributed by atoms with Crippen molar-refractivity contribution < 1.29 is 14.4 Å². The highest BCUT2D eigenvalue weighted by Gasteiger charge is 2.29. The van der Waals surface area contributed by atoms with Crippen LogP contribution in [-0.4, -0.2) is 30.0 Å². The zero-order chi connectivity index (χ0) is 11.1. The zero-order valence-corrected chi connectivity index (χ0v) is 8.26. The molecular weight excluding hydrogens is 200 g/mol. The van der Waals surface area contributed by atoms with Crippen LogP contribution in [0.1, 0.15) is 25.7 Å². The van der Waals surface area contributed by atoms with Crippen LogP contribution >= 0.6 is 0 Å². The van der Waals surface area contributed by atoms with Crippen molar-refractivity contribution in [2.24, 2.45) is 5.11 Å². The van der Waals surface area contributed by atoms with Crippen LogP contribution in [-0.2, 0) is 14.4 Å². The third-order valence-corrected chi connectivity index (χ3v) is 1.94. The smallest absolute Gasteiger partial charge is 0.253 e. The lowest BCUT2D eigenvalue weighted by molar-refractivity contribution is -0.187. The maximum absolute atomic E-state index is 11.1. The molecule has 1 saturated heterocycles. The highest BCUT2D eigenvalue weighted by Crippen LogP contribution is 2.12. The van der Waals surface area contributed by atoms with E-state index < -0.39 is 0 Å². The van der Waals surface area contributed by atoms with Gasteiger partial charge in [-0.1, -0.05) is 5.11 Å². The van der Waals surface area contributed by atoms with E-state index in [1.165, 1.54) is 0 Å². The summed E-state index contributed by atoms with van der Waals surface area (Å²) >= 11 is 0. The molecule has 82 valence electrons. The maximum Gasteiger partial charge on any atom is 0.253 e. The molecule has 1 rings (SSSR count). The third-order valence-electron chi connectivity index (χ3n) is 1.94. The van der Waals surface area contributed by atoms with Gasteiger partial charge in [0.2, 0.25) is 0 Å². The second-order valence-corrected chi connectivity index (χ2v) is 3.08. The molecule has 0 radical (unpaired) electrons. The second-order valence-electron chi connectivity index (χ2n) is 3.08. The number of rotatable bonds is 6. The molecule has 1 aliphatic heterocycles. The molecular formula is C8H12N4O3. The Hall–Kier alpha value is -1.59. The SMILES string of the molecule is [N-]=[N+]=NCCCCON1C(=O)CCC1=O. The molecule has 7 heteroatoms. The summed E-state index contributed by atoms with van der Waals surface area (Å²) in [5.74, 6) is -0.565. The van der Waals surface area contributed by atoms with Gasteiger partial charge in [0.1, 0.15) is 0 Å². The van der Waals surface area contributed by atoms with E-state index in [2.05, 4.69) is 10.0 Å². The van der Waals surface area contributed by atoms with Crippen molar-refractivity contribution >= 4 is 11.8 Å². The molecule has 0 aromatic carbocycles. The van der Waals surface area contributed by atoms with Gasteiger partial charge in [-0.25, -0.2) is 0 Å². The molecule has 0 unspecified atom stereocenters. The number of azide groups is 1. The molecule has 15 heavy (non-hydrogen) atoms. The molecule has 0 bridgehead atoms. The Morgan fingerprint density at radius 2 is 2.00 bits per heavy atom. The number of hydrogen-bond acceptors (Lipinski definition) is 4. The number of hydroxylamine groups is 2. The van der Waals surface area contributed by atoms with E-state index >= 15 is 0 Å². The fraction of sp³-hybridized carbons (Fsp3) is 0.750. The average Bonchev–Trinajstić information content (AvgIpc) is 2.54. The first-order chi connectivity index (χ1) is 7.25. The van der Waals surface area contributed by atoms with Crippen molar-refractivity contribution in [1.29, 1.82) is 0 Å². The van der Waals surface area contributed by atoms with E-state index in [-0.39, 0.29) is 24.7 Å². The van der Waals surface area contributed by atoms with Gasteiger partial charge in [0, 0.05) is 24.3 Å². The molecule has 0 aromatic rings. The molecule has 0 N–H and O–H groups in total. The van der Waals surface area contributed by atoms with Crippen LogP contribution in [0.4, 0.5) is 0 Å². The van der Waals surface area contributed by atoms with Crippen molar-refractivity contribution in [2.75, 3.05) is 13.2 Å². The molecule has 0 spiro atoms. The van der Waals surface area contributed by atoms with Crippen molar-refractivity contribution in [3.05, 3.63) is 10.4 Å². The van der Waals surface area contributed by atoms with Crippen LogP contribution in [0.5, 0.6) is 0 Å². The maximum atomic E-state index is 11.1. The molecule has 0 aromatic heterocycles. The van der Waals surface area contributed by atoms with Crippen LogP contribution in [0.2, 0.25) is 0 Å². The molecule has 0 aliphatic carbocycles. The van der Waals surface area contributed by atoms with Crippen LogP contribution < -0.4 is 0 Å². The summed E-state index contributed by atoms with van der Waals surface area (Å²) in [4.78, 5) is 29.7. The van der Waals surface area contributed by atoms with Crippen molar-refractivity contribution in [3.8, 4) is 0 Å². The summed E-state index contributed by atoms with van der Waals surface area (Å²) in [6, 6.07) is 0. The number of carbonyl (C=O) groups excluding carboxylic acids is 2. The monoisotopic (exact) mass is 212 g/mol. The molecule has 1 aliphatic rings. The summed E-state index contributed by atoms with van der Waals surface area (Å²) < 4.78 is 0. The van der Waals surface area contributed by atoms with Crippen molar-refractivity contribution in [2.45, 2.75) is 25.7 Å². The Balaban J connectivity index is 2.11. The summed E-state index contributed by atoms with van der Waals surface area (Å²) in [5.41, 5.74) is 7.99. The van der Waals surface area contributed by atoms with Gasteiger partial charge in [-0.2, -0.15) is 5.06 Å². The molecule has 1 heterocycles. The lowest BCUT2D eigenvalue weighted by atomic mass is 10.3. The van der Waals surface area contributed by atoms with Crippen LogP contribution in [0.3, 0.4) is 0 Å². The lowest BCUT2D eigenvalue weighted by Gasteiger charge is -2.12. The summed E-state index contributed by atoms with van der Waals surface area (Å²) in [7, 11) is 0. The molecule has 0 saturated carbocycles. The van der Waals surface area contributed by atoms with E-state index in [9.17, 15) is 9.59 Å². The minimum Gasteiger partial charge on any atom is -0.272 e. The van der Waals surface area contributed by atoms with Gasteiger partial charge in [0.15, 0.2) is 0 Å². The fourth-order valence-corrected chi connectivity index (χ4v) is 1.19. The molecule has 7 nitrogen and oxygen atoms in total. The first-order valence-corrected chi connectivity index (χ1v) is 4.75. The van der Waals surface area contributed by atoms with Crippen molar-refractivity contribution in [3.63, 3.8) is 0 Å². The number of amides is 2. The Kier molecular flexibility index (Phi) is 4.59. The third kappa shape index (κ3) is 3.57. The lowest BCUT2D eigenvalue weighted by Crippen LogP contribution is -2.29. The number of carbonyl (C=O) groups is 2. The molecule has 1 fully saturated rings. The van der Waals surface area contributed by atoms with Gasteiger partial charge in [0.05, 0.1) is 6.61 Å².